The summed E-state index contributed by atoms with van der Waals surface area (Å²) in [6, 6.07) is 19.3. The monoisotopic (exact) mass is 395 g/mol. The lowest BCUT2D eigenvalue weighted by atomic mass is 10.1. The van der Waals surface area contributed by atoms with Crippen LogP contribution in [0.1, 0.15) is 11.1 Å². The van der Waals surface area contributed by atoms with Gasteiger partial charge in [0.15, 0.2) is 5.11 Å². The van der Waals surface area contributed by atoms with E-state index in [2.05, 4.69) is 16.7 Å². The molecule has 2 heterocycles. The molecular weight excluding hydrogens is 374 g/mol. The molecule has 0 saturated carbocycles. The molecule has 6 nitrogen and oxygen atoms in total. The van der Waals surface area contributed by atoms with E-state index >= 15 is 0 Å². The highest BCUT2D eigenvalue weighted by molar-refractivity contribution is 7.80. The smallest absolute Gasteiger partial charge is 0.171 e. The lowest BCUT2D eigenvalue weighted by Gasteiger charge is -2.20. The summed E-state index contributed by atoms with van der Waals surface area (Å²) in [6.45, 7) is 1.54. The first-order valence-corrected chi connectivity index (χ1v) is 9.60. The van der Waals surface area contributed by atoms with Gasteiger partial charge in [-0.05, 0) is 36.0 Å². The van der Waals surface area contributed by atoms with Crippen molar-refractivity contribution in [1.29, 1.82) is 5.26 Å². The van der Waals surface area contributed by atoms with Gasteiger partial charge < -0.3 is 24.8 Å². The Morgan fingerprint density at radius 1 is 1.11 bits per heavy atom. The van der Waals surface area contributed by atoms with Crippen LogP contribution < -0.4 is 10.6 Å². The van der Waals surface area contributed by atoms with Crippen LogP contribution in [0.5, 0.6) is 0 Å². The number of fused-ring (bicyclic) bond motifs is 1. The highest BCUT2D eigenvalue weighted by Gasteiger charge is 2.48. The molecule has 2 aliphatic heterocycles. The largest absolute Gasteiger partial charge is 0.370 e. The zero-order chi connectivity index (χ0) is 19.3. The van der Waals surface area contributed by atoms with Crippen molar-refractivity contribution in [3.05, 3.63) is 65.7 Å². The minimum atomic E-state index is -0.106. The number of thiocarbonyl (C=S) groups is 1. The normalized spacial score (nSPS) is 25.7. The van der Waals surface area contributed by atoms with E-state index in [0.29, 0.717) is 30.5 Å². The van der Waals surface area contributed by atoms with E-state index in [-0.39, 0.29) is 24.4 Å². The summed E-state index contributed by atoms with van der Waals surface area (Å²) in [6.07, 6.45) is -0.303. The molecule has 2 N–H and O–H groups in total. The minimum absolute atomic E-state index is 0.0468. The minimum Gasteiger partial charge on any atom is -0.370 e. The van der Waals surface area contributed by atoms with E-state index in [4.69, 9.17) is 31.7 Å². The fraction of sp³-hybridized carbons (Fsp3) is 0.333. The van der Waals surface area contributed by atoms with Crippen LogP contribution in [0.3, 0.4) is 0 Å². The molecule has 0 aromatic heterocycles. The third-order valence-corrected chi connectivity index (χ3v) is 5.10. The number of anilines is 1. The summed E-state index contributed by atoms with van der Waals surface area (Å²) in [4.78, 5) is 0. The lowest BCUT2D eigenvalue weighted by Crippen LogP contribution is -2.45. The molecule has 2 fully saturated rings. The average molecular weight is 395 g/mol. The van der Waals surface area contributed by atoms with Gasteiger partial charge in [0, 0.05) is 5.69 Å². The van der Waals surface area contributed by atoms with Gasteiger partial charge >= 0.3 is 0 Å². The van der Waals surface area contributed by atoms with Gasteiger partial charge in [-0.2, -0.15) is 5.26 Å². The molecule has 0 bridgehead atoms. The van der Waals surface area contributed by atoms with Crippen molar-refractivity contribution in [3.63, 3.8) is 0 Å². The van der Waals surface area contributed by atoms with E-state index in [0.717, 1.165) is 11.3 Å². The molecule has 144 valence electrons. The Bertz CT molecular complexity index is 871. The van der Waals surface area contributed by atoms with E-state index in [1.165, 1.54) is 0 Å². The molecule has 0 amide bonds. The van der Waals surface area contributed by atoms with Crippen molar-refractivity contribution in [2.24, 2.45) is 0 Å². The van der Waals surface area contributed by atoms with Gasteiger partial charge in [-0.15, -0.1) is 0 Å². The maximum absolute atomic E-state index is 9.00. The second kappa shape index (κ2) is 8.67. The summed E-state index contributed by atoms with van der Waals surface area (Å²) in [5, 5.41) is 15.8. The number of hydrogen-bond donors (Lipinski definition) is 2. The van der Waals surface area contributed by atoms with Crippen molar-refractivity contribution in [2.75, 3.05) is 18.5 Å². The Morgan fingerprint density at radius 3 is 2.75 bits per heavy atom. The fourth-order valence-electron chi connectivity index (χ4n) is 3.51. The molecule has 4 rings (SSSR count). The number of nitrogens with one attached hydrogen (secondary N) is 2. The third-order valence-electron chi connectivity index (χ3n) is 4.88. The topological polar surface area (TPSA) is 75.5 Å². The molecule has 0 unspecified atom stereocenters. The van der Waals surface area contributed by atoms with Crippen molar-refractivity contribution in [3.8, 4) is 6.07 Å². The van der Waals surface area contributed by atoms with Gasteiger partial charge in [0.1, 0.15) is 18.3 Å². The first-order chi connectivity index (χ1) is 13.7. The summed E-state index contributed by atoms with van der Waals surface area (Å²) < 4.78 is 17.9. The predicted molar refractivity (Wildman–Crippen MR) is 109 cm³/mol. The zero-order valence-electron chi connectivity index (χ0n) is 15.2. The quantitative estimate of drug-likeness (QED) is 0.754. The van der Waals surface area contributed by atoms with Gasteiger partial charge in [0.05, 0.1) is 37.5 Å². The lowest BCUT2D eigenvalue weighted by molar-refractivity contribution is -0.0391. The number of benzene rings is 2. The Morgan fingerprint density at radius 2 is 1.93 bits per heavy atom. The van der Waals surface area contributed by atoms with E-state index in [9.17, 15) is 0 Å². The Kier molecular flexibility index (Phi) is 5.84. The van der Waals surface area contributed by atoms with Crippen LogP contribution in [0, 0.1) is 11.3 Å². The van der Waals surface area contributed by atoms with Crippen LogP contribution in [0.2, 0.25) is 0 Å². The number of rotatable bonds is 5. The average Bonchev–Trinajstić information content (AvgIpc) is 3.30. The number of nitrogens with zero attached hydrogens (tertiary/aromatic N) is 1. The summed E-state index contributed by atoms with van der Waals surface area (Å²) in [5.41, 5.74) is 2.47. The van der Waals surface area contributed by atoms with Crippen molar-refractivity contribution < 1.29 is 14.2 Å². The third kappa shape index (κ3) is 4.32. The predicted octanol–water partition coefficient (Wildman–Crippen LogP) is 2.60. The molecule has 2 saturated heterocycles. The highest BCUT2D eigenvalue weighted by Crippen LogP contribution is 2.29. The maximum atomic E-state index is 9.00. The first-order valence-electron chi connectivity index (χ1n) is 9.19. The van der Waals surface area contributed by atoms with Crippen LogP contribution in [-0.2, 0) is 20.8 Å². The van der Waals surface area contributed by atoms with E-state index < -0.39 is 0 Å². The SMILES string of the molecule is N#Cc1cccc(NC(=S)N[C@H]2CO[C@H]3[C@@H]2OC[C@H]3OCc2ccccc2)c1. The summed E-state index contributed by atoms with van der Waals surface area (Å²) >= 11 is 5.41. The van der Waals surface area contributed by atoms with Crippen LogP contribution in [0.25, 0.3) is 0 Å². The van der Waals surface area contributed by atoms with E-state index in [1.54, 1.807) is 12.1 Å². The number of ether oxygens (including phenoxy) is 3. The second-order valence-electron chi connectivity index (χ2n) is 6.83. The van der Waals surface area contributed by atoms with Gasteiger partial charge in [-0.1, -0.05) is 36.4 Å². The number of nitriles is 1. The Hall–Kier alpha value is -2.50. The zero-order valence-corrected chi connectivity index (χ0v) is 16.0. The van der Waals surface area contributed by atoms with Gasteiger partial charge in [0.25, 0.3) is 0 Å². The van der Waals surface area contributed by atoms with Crippen molar-refractivity contribution in [2.45, 2.75) is 31.0 Å². The molecule has 2 aromatic carbocycles. The molecule has 7 heteroatoms. The molecule has 0 radical (unpaired) electrons. The highest BCUT2D eigenvalue weighted by atomic mass is 32.1. The molecule has 4 atom stereocenters. The fourth-order valence-corrected chi connectivity index (χ4v) is 3.78. The Labute approximate surface area is 169 Å². The molecule has 2 aliphatic rings. The van der Waals surface area contributed by atoms with Crippen LogP contribution in [-0.4, -0.2) is 42.7 Å². The number of hydrogen-bond acceptors (Lipinski definition) is 5. The molecule has 0 spiro atoms. The van der Waals surface area contributed by atoms with Gasteiger partial charge in [0.2, 0.25) is 0 Å². The second-order valence-corrected chi connectivity index (χ2v) is 7.24. The van der Waals surface area contributed by atoms with Gasteiger partial charge in [-0.3, -0.25) is 0 Å². The summed E-state index contributed by atoms with van der Waals surface area (Å²) in [5.74, 6) is 0. The van der Waals surface area contributed by atoms with Crippen molar-refractivity contribution >= 4 is 23.0 Å². The van der Waals surface area contributed by atoms with E-state index in [1.807, 2.05) is 42.5 Å². The molecule has 0 aliphatic carbocycles. The summed E-state index contributed by atoms with van der Waals surface area (Å²) in [7, 11) is 0. The Balaban J connectivity index is 1.29. The molecule has 2 aromatic rings. The maximum Gasteiger partial charge on any atom is 0.171 e. The molecular formula is C21H21N3O3S. The first kappa shape index (κ1) is 18.8. The van der Waals surface area contributed by atoms with Crippen LogP contribution in [0.15, 0.2) is 54.6 Å². The van der Waals surface area contributed by atoms with Crippen molar-refractivity contribution in [1.82, 2.24) is 5.32 Å². The molecule has 28 heavy (non-hydrogen) atoms. The van der Waals surface area contributed by atoms with Gasteiger partial charge in [-0.25, -0.2) is 0 Å². The standard InChI is InChI=1S/C21H21N3O3S/c22-10-15-7-4-8-16(9-15)23-21(28)24-17-12-26-20-18(13-27-19(17)20)25-11-14-5-2-1-3-6-14/h1-9,17-20H,11-13H2,(H2,23,24,28)/t17-,18+,19+,20+/m0/s1. The van der Waals surface area contributed by atoms with Crippen LogP contribution in [0.4, 0.5) is 5.69 Å². The van der Waals surface area contributed by atoms with Crippen LogP contribution >= 0.6 is 12.2 Å².